The molecular weight excluding hydrogens is 294 g/mol. The minimum Gasteiger partial charge on any atom is -0.497 e. The fourth-order valence-electron chi connectivity index (χ4n) is 2.72. The summed E-state index contributed by atoms with van der Waals surface area (Å²) in [4.78, 5) is 10.9. The molecule has 2 aromatic carbocycles. The number of hydrogen-bond acceptors (Lipinski definition) is 4. The molecule has 1 aliphatic heterocycles. The molecule has 5 heteroatoms. The highest BCUT2D eigenvalue weighted by atomic mass is 16.5. The van der Waals surface area contributed by atoms with Gasteiger partial charge in [-0.25, -0.2) is 4.79 Å². The number of nitrogens with one attached hydrogen (secondary N) is 1. The molecule has 0 aliphatic carbocycles. The molecular formula is C18H19NO4. The maximum Gasteiger partial charge on any atom is 0.335 e. The highest BCUT2D eigenvalue weighted by Crippen LogP contribution is 2.34. The third kappa shape index (κ3) is 3.46. The van der Waals surface area contributed by atoms with Crippen molar-refractivity contribution in [2.24, 2.45) is 0 Å². The normalized spacial score (nSPS) is 16.3. The molecule has 0 radical (unpaired) electrons. The van der Waals surface area contributed by atoms with Gasteiger partial charge in [0.1, 0.15) is 11.5 Å². The van der Waals surface area contributed by atoms with Crippen molar-refractivity contribution in [1.82, 2.24) is 5.32 Å². The van der Waals surface area contributed by atoms with E-state index in [1.807, 2.05) is 30.3 Å². The first-order valence-electron chi connectivity index (χ1n) is 7.54. The third-order valence-electron chi connectivity index (χ3n) is 4.01. The van der Waals surface area contributed by atoms with Gasteiger partial charge in [-0.05, 0) is 35.9 Å². The van der Waals surface area contributed by atoms with Crippen LogP contribution in [0.4, 0.5) is 0 Å². The second kappa shape index (κ2) is 6.71. The van der Waals surface area contributed by atoms with Crippen LogP contribution < -0.4 is 14.8 Å². The molecule has 1 atom stereocenters. The molecule has 0 bridgehead atoms. The molecule has 23 heavy (non-hydrogen) atoms. The quantitative estimate of drug-likeness (QED) is 0.888. The van der Waals surface area contributed by atoms with Gasteiger partial charge in [0.25, 0.3) is 0 Å². The van der Waals surface area contributed by atoms with E-state index >= 15 is 0 Å². The first kappa shape index (κ1) is 15.4. The molecule has 0 amide bonds. The van der Waals surface area contributed by atoms with E-state index in [-0.39, 0.29) is 6.04 Å². The van der Waals surface area contributed by atoms with E-state index in [1.165, 1.54) is 0 Å². The van der Waals surface area contributed by atoms with Gasteiger partial charge in [-0.15, -0.1) is 0 Å². The van der Waals surface area contributed by atoms with Crippen LogP contribution in [0.5, 0.6) is 11.5 Å². The monoisotopic (exact) mass is 313 g/mol. The highest BCUT2D eigenvalue weighted by molar-refractivity contribution is 5.87. The van der Waals surface area contributed by atoms with Gasteiger partial charge in [-0.3, -0.25) is 0 Å². The molecule has 1 heterocycles. The van der Waals surface area contributed by atoms with Gasteiger partial charge < -0.3 is 19.9 Å². The molecule has 120 valence electrons. The predicted molar refractivity (Wildman–Crippen MR) is 86.1 cm³/mol. The van der Waals surface area contributed by atoms with E-state index in [0.717, 1.165) is 29.0 Å². The van der Waals surface area contributed by atoms with Crippen molar-refractivity contribution in [3.05, 3.63) is 59.2 Å². The zero-order valence-electron chi connectivity index (χ0n) is 12.9. The number of benzene rings is 2. The Hall–Kier alpha value is -2.53. The van der Waals surface area contributed by atoms with Crippen molar-refractivity contribution in [2.75, 3.05) is 13.7 Å². The minimum absolute atomic E-state index is 0.188. The first-order chi connectivity index (χ1) is 11.2. The smallest absolute Gasteiger partial charge is 0.335 e. The fourth-order valence-corrected chi connectivity index (χ4v) is 2.72. The van der Waals surface area contributed by atoms with Gasteiger partial charge in [0.2, 0.25) is 0 Å². The van der Waals surface area contributed by atoms with Crippen molar-refractivity contribution >= 4 is 5.97 Å². The number of hydrogen-bond donors (Lipinski definition) is 2. The molecule has 1 aliphatic rings. The molecule has 0 saturated carbocycles. The largest absolute Gasteiger partial charge is 0.497 e. The number of methoxy groups -OCH3 is 1. The zero-order chi connectivity index (χ0) is 16.2. The summed E-state index contributed by atoms with van der Waals surface area (Å²) >= 11 is 0. The van der Waals surface area contributed by atoms with E-state index in [9.17, 15) is 4.79 Å². The Morgan fingerprint density at radius 1 is 1.30 bits per heavy atom. The number of carboxylic acid groups (broad SMARTS) is 1. The van der Waals surface area contributed by atoms with Gasteiger partial charge >= 0.3 is 5.97 Å². The van der Waals surface area contributed by atoms with Crippen LogP contribution in [0.15, 0.2) is 42.5 Å². The average molecular weight is 313 g/mol. The average Bonchev–Trinajstić information content (AvgIpc) is 2.59. The van der Waals surface area contributed by atoms with Crippen LogP contribution in [-0.2, 0) is 6.54 Å². The van der Waals surface area contributed by atoms with Crippen molar-refractivity contribution in [3.63, 3.8) is 0 Å². The van der Waals surface area contributed by atoms with Crippen LogP contribution in [0, 0.1) is 0 Å². The molecule has 2 N–H and O–H groups in total. The van der Waals surface area contributed by atoms with Crippen LogP contribution in [0.25, 0.3) is 0 Å². The lowest BCUT2D eigenvalue weighted by atomic mass is 9.99. The SMILES string of the molecule is COc1ccc2c(c1)[C@@H](NCc1ccc(C(=O)O)cc1)CCO2. The van der Waals surface area contributed by atoms with Crippen LogP contribution in [0.3, 0.4) is 0 Å². The molecule has 0 unspecified atom stereocenters. The molecule has 0 aromatic heterocycles. The molecule has 0 spiro atoms. The first-order valence-corrected chi connectivity index (χ1v) is 7.54. The predicted octanol–water partition coefficient (Wildman–Crippen LogP) is 3.01. The Kier molecular flexibility index (Phi) is 4.48. The topological polar surface area (TPSA) is 67.8 Å². The number of rotatable bonds is 5. The Balaban J connectivity index is 1.71. The summed E-state index contributed by atoms with van der Waals surface area (Å²) in [6.45, 7) is 1.34. The zero-order valence-corrected chi connectivity index (χ0v) is 12.9. The van der Waals surface area contributed by atoms with Gasteiger partial charge in [0.05, 0.1) is 19.3 Å². The van der Waals surface area contributed by atoms with Gasteiger partial charge in [-0.2, -0.15) is 0 Å². The van der Waals surface area contributed by atoms with Crippen LogP contribution in [0.1, 0.15) is 33.9 Å². The maximum absolute atomic E-state index is 10.9. The second-order valence-electron chi connectivity index (χ2n) is 5.48. The summed E-state index contributed by atoms with van der Waals surface area (Å²) in [5, 5.41) is 12.4. The number of ether oxygens (including phenoxy) is 2. The summed E-state index contributed by atoms with van der Waals surface area (Å²) in [6, 6.07) is 12.9. The van der Waals surface area contributed by atoms with Crippen LogP contribution in [0.2, 0.25) is 0 Å². The Labute approximate surface area is 134 Å². The van der Waals surface area contributed by atoms with Crippen LogP contribution in [-0.4, -0.2) is 24.8 Å². The van der Waals surface area contributed by atoms with Crippen molar-refractivity contribution in [3.8, 4) is 11.5 Å². The number of carboxylic acids is 1. The fraction of sp³-hybridized carbons (Fsp3) is 0.278. The standard InChI is InChI=1S/C18H19NO4/c1-22-14-6-7-17-15(10-14)16(8-9-23-17)19-11-12-2-4-13(5-3-12)18(20)21/h2-7,10,16,19H,8-9,11H2,1H3,(H,20,21)/t16-/m0/s1. The number of aromatic carboxylic acids is 1. The van der Waals surface area contributed by atoms with Crippen molar-refractivity contribution in [1.29, 1.82) is 0 Å². The van der Waals surface area contributed by atoms with Crippen LogP contribution >= 0.6 is 0 Å². The van der Waals surface area contributed by atoms with E-state index in [1.54, 1.807) is 19.2 Å². The lowest BCUT2D eigenvalue weighted by Crippen LogP contribution is -2.26. The van der Waals surface area contributed by atoms with Gasteiger partial charge in [0, 0.05) is 24.6 Å². The van der Waals surface area contributed by atoms with Crippen molar-refractivity contribution < 1.29 is 19.4 Å². The molecule has 5 nitrogen and oxygen atoms in total. The van der Waals surface area contributed by atoms with E-state index in [4.69, 9.17) is 14.6 Å². The Morgan fingerprint density at radius 3 is 2.78 bits per heavy atom. The van der Waals surface area contributed by atoms with Gasteiger partial charge in [0.15, 0.2) is 0 Å². The Morgan fingerprint density at radius 2 is 2.09 bits per heavy atom. The summed E-state index contributed by atoms with van der Waals surface area (Å²) in [7, 11) is 1.65. The lowest BCUT2D eigenvalue weighted by Gasteiger charge is -2.27. The molecule has 0 fully saturated rings. The molecule has 2 aromatic rings. The van der Waals surface area contributed by atoms with E-state index < -0.39 is 5.97 Å². The highest BCUT2D eigenvalue weighted by Gasteiger charge is 2.21. The van der Waals surface area contributed by atoms with E-state index in [0.29, 0.717) is 18.7 Å². The third-order valence-corrected chi connectivity index (χ3v) is 4.01. The Bertz CT molecular complexity index is 697. The van der Waals surface area contributed by atoms with Crippen molar-refractivity contribution in [2.45, 2.75) is 19.0 Å². The van der Waals surface area contributed by atoms with Gasteiger partial charge in [-0.1, -0.05) is 12.1 Å². The minimum atomic E-state index is -0.907. The summed E-state index contributed by atoms with van der Waals surface area (Å²) in [5.41, 5.74) is 2.44. The number of fused-ring (bicyclic) bond motifs is 1. The summed E-state index contributed by atoms with van der Waals surface area (Å²) < 4.78 is 11.0. The second-order valence-corrected chi connectivity index (χ2v) is 5.48. The summed E-state index contributed by atoms with van der Waals surface area (Å²) in [5.74, 6) is 0.789. The summed E-state index contributed by atoms with van der Waals surface area (Å²) in [6.07, 6.45) is 0.882. The van der Waals surface area contributed by atoms with E-state index in [2.05, 4.69) is 5.32 Å². The molecule has 0 saturated heterocycles. The lowest BCUT2D eigenvalue weighted by molar-refractivity contribution is 0.0697. The maximum atomic E-state index is 10.9. The molecule has 3 rings (SSSR count). The number of carbonyl (C=O) groups is 1.